The fourth-order valence-electron chi connectivity index (χ4n) is 2.96. The summed E-state index contributed by atoms with van der Waals surface area (Å²) in [5.41, 5.74) is 1.39. The van der Waals surface area contributed by atoms with Gasteiger partial charge in [0.15, 0.2) is 4.34 Å². The second kappa shape index (κ2) is 12.3. The minimum Gasteiger partial charge on any atom is -0.480 e. The number of thioether (sulfide) groups is 1. The van der Waals surface area contributed by atoms with Crippen molar-refractivity contribution in [2.24, 2.45) is 0 Å². The zero-order chi connectivity index (χ0) is 22.9. The molecule has 0 radical (unpaired) electrons. The number of aliphatic carboxylic acids is 1. The Labute approximate surface area is 197 Å². The zero-order valence-corrected chi connectivity index (χ0v) is 20.6. The summed E-state index contributed by atoms with van der Waals surface area (Å²) in [4.78, 5) is 22.5. The summed E-state index contributed by atoms with van der Waals surface area (Å²) < 4.78 is -0.176. The Morgan fingerprint density at radius 3 is 2.74 bits per heavy atom. The molecule has 0 aliphatic rings. The molecular weight excluding hydrogens is 452 g/mol. The van der Waals surface area contributed by atoms with Crippen molar-refractivity contribution in [2.45, 2.75) is 68.4 Å². The second-order valence-corrected chi connectivity index (χ2v) is 11.0. The Morgan fingerprint density at radius 1 is 1.32 bits per heavy atom. The molecule has 1 N–H and O–H groups in total. The van der Waals surface area contributed by atoms with Crippen molar-refractivity contribution in [3.8, 4) is 6.07 Å². The van der Waals surface area contributed by atoms with E-state index in [-0.39, 0.29) is 0 Å². The van der Waals surface area contributed by atoms with Crippen LogP contribution in [0, 0.1) is 11.3 Å². The van der Waals surface area contributed by atoms with Crippen molar-refractivity contribution in [2.75, 3.05) is 18.0 Å². The molecule has 0 saturated carbocycles. The van der Waals surface area contributed by atoms with Crippen LogP contribution in [0.3, 0.4) is 0 Å². The molecule has 0 aliphatic heterocycles. The van der Waals surface area contributed by atoms with E-state index in [1.165, 1.54) is 42.4 Å². The number of carbonyl (C=O) groups is 1. The first kappa shape index (κ1) is 25.4. The summed E-state index contributed by atoms with van der Waals surface area (Å²) in [5, 5.41) is 21.3. The van der Waals surface area contributed by atoms with E-state index < -0.39 is 10.7 Å². The molecule has 2 heterocycles. The summed E-state index contributed by atoms with van der Waals surface area (Å²) in [5.74, 6) is -0.208. The van der Waals surface area contributed by atoms with E-state index in [1.54, 1.807) is 26.1 Å². The molecule has 0 saturated heterocycles. The molecule has 2 rings (SSSR count). The topological polar surface area (TPSA) is 90.1 Å². The van der Waals surface area contributed by atoms with E-state index in [2.05, 4.69) is 27.9 Å². The predicted octanol–water partition coefficient (Wildman–Crippen LogP) is 6.04. The molecule has 2 aromatic heterocycles. The van der Waals surface area contributed by atoms with E-state index >= 15 is 0 Å². The number of anilines is 1. The van der Waals surface area contributed by atoms with Crippen molar-refractivity contribution >= 4 is 46.5 Å². The highest BCUT2D eigenvalue weighted by molar-refractivity contribution is 8.02. The summed E-state index contributed by atoms with van der Waals surface area (Å²) >= 11 is 8.75. The first-order chi connectivity index (χ1) is 14.8. The number of thiazole rings is 1. The van der Waals surface area contributed by atoms with E-state index in [9.17, 15) is 15.2 Å². The number of rotatable bonds is 13. The zero-order valence-electron chi connectivity index (χ0n) is 18.2. The Hall–Kier alpha value is -1.82. The van der Waals surface area contributed by atoms with Crippen LogP contribution in [-0.4, -0.2) is 38.9 Å². The number of pyridine rings is 1. The van der Waals surface area contributed by atoms with Gasteiger partial charge in [-0.1, -0.05) is 56.0 Å². The standard InChI is InChI=1S/C22H29ClN4O2S2/c1-4-5-6-7-8-10-27(19-16(13-24)12-17(23)14-25-19)11-9-18-15-30-21(26-18)31-22(2,3)20(28)29/h12,14-15H,4-11H2,1-3H3,(H,28,29). The van der Waals surface area contributed by atoms with Gasteiger partial charge in [0.05, 0.1) is 16.3 Å². The van der Waals surface area contributed by atoms with Gasteiger partial charge < -0.3 is 10.0 Å². The first-order valence-electron chi connectivity index (χ1n) is 10.4. The van der Waals surface area contributed by atoms with Gasteiger partial charge in [-0.3, -0.25) is 4.79 Å². The second-order valence-electron chi connectivity index (χ2n) is 7.81. The number of unbranched alkanes of at least 4 members (excludes halogenated alkanes) is 4. The van der Waals surface area contributed by atoms with Crippen molar-refractivity contribution in [3.63, 3.8) is 0 Å². The number of hydrogen-bond donors (Lipinski definition) is 1. The maximum Gasteiger partial charge on any atom is 0.319 e. The van der Waals surface area contributed by atoms with Gasteiger partial charge in [0, 0.05) is 31.1 Å². The average molecular weight is 481 g/mol. The third kappa shape index (κ3) is 7.99. The fourth-order valence-corrected chi connectivity index (χ4v) is 5.34. The molecule has 2 aromatic rings. The van der Waals surface area contributed by atoms with Crippen LogP contribution in [0.25, 0.3) is 0 Å². The molecule has 168 valence electrons. The number of carboxylic acids is 1. The Balaban J connectivity index is 2.08. The fraction of sp³-hybridized carbons (Fsp3) is 0.545. The molecule has 0 bridgehead atoms. The molecule has 0 amide bonds. The summed E-state index contributed by atoms with van der Waals surface area (Å²) in [6.07, 6.45) is 8.07. The monoisotopic (exact) mass is 480 g/mol. The number of nitriles is 1. The Kier molecular flexibility index (Phi) is 10.1. The molecular formula is C22H29ClN4O2S2. The van der Waals surface area contributed by atoms with Gasteiger partial charge in [0.2, 0.25) is 0 Å². The maximum atomic E-state index is 11.4. The van der Waals surface area contributed by atoms with Gasteiger partial charge in [-0.15, -0.1) is 11.3 Å². The van der Waals surface area contributed by atoms with Gasteiger partial charge in [-0.2, -0.15) is 5.26 Å². The van der Waals surface area contributed by atoms with Gasteiger partial charge in [0.25, 0.3) is 0 Å². The largest absolute Gasteiger partial charge is 0.480 e. The van der Waals surface area contributed by atoms with Crippen molar-refractivity contribution in [1.82, 2.24) is 9.97 Å². The van der Waals surface area contributed by atoms with Crippen LogP contribution in [0.1, 0.15) is 64.1 Å². The predicted molar refractivity (Wildman–Crippen MR) is 128 cm³/mol. The SMILES string of the molecule is CCCCCCCN(CCc1csc(SC(C)(C)C(=O)O)n1)c1ncc(Cl)cc1C#N. The minimum atomic E-state index is -0.922. The highest BCUT2D eigenvalue weighted by atomic mass is 35.5. The molecule has 0 spiro atoms. The average Bonchev–Trinajstić information content (AvgIpc) is 3.16. The van der Waals surface area contributed by atoms with Gasteiger partial charge in [-0.05, 0) is 26.3 Å². The summed E-state index contributed by atoms with van der Waals surface area (Å²) in [6, 6.07) is 3.86. The van der Waals surface area contributed by atoms with Gasteiger partial charge in [-0.25, -0.2) is 9.97 Å². The lowest BCUT2D eigenvalue weighted by atomic mass is 10.1. The highest BCUT2D eigenvalue weighted by Crippen LogP contribution is 2.34. The van der Waals surface area contributed by atoms with Crippen molar-refractivity contribution in [1.29, 1.82) is 5.26 Å². The lowest BCUT2D eigenvalue weighted by Gasteiger charge is -2.24. The Bertz CT molecular complexity index is 911. The molecule has 0 aliphatic carbocycles. The van der Waals surface area contributed by atoms with E-state index in [0.29, 0.717) is 29.4 Å². The van der Waals surface area contributed by atoms with Crippen LogP contribution in [0.5, 0.6) is 0 Å². The van der Waals surface area contributed by atoms with Gasteiger partial charge >= 0.3 is 5.97 Å². The van der Waals surface area contributed by atoms with E-state index in [1.807, 2.05) is 5.38 Å². The molecule has 9 heteroatoms. The number of aromatic nitrogens is 2. The molecule has 0 unspecified atom stereocenters. The first-order valence-corrected chi connectivity index (χ1v) is 12.5. The van der Waals surface area contributed by atoms with E-state index in [4.69, 9.17) is 11.6 Å². The van der Waals surface area contributed by atoms with E-state index in [0.717, 1.165) is 29.4 Å². The summed E-state index contributed by atoms with van der Waals surface area (Å²) in [6.45, 7) is 7.03. The van der Waals surface area contributed by atoms with Crippen LogP contribution in [0.2, 0.25) is 5.02 Å². The molecule has 31 heavy (non-hydrogen) atoms. The quantitative estimate of drug-likeness (QED) is 0.276. The smallest absolute Gasteiger partial charge is 0.319 e. The third-order valence-corrected chi connectivity index (χ3v) is 7.19. The molecule has 0 atom stereocenters. The van der Waals surface area contributed by atoms with Gasteiger partial charge in [0.1, 0.15) is 16.6 Å². The van der Waals surface area contributed by atoms with Crippen LogP contribution in [-0.2, 0) is 11.2 Å². The molecule has 6 nitrogen and oxygen atoms in total. The number of nitrogens with zero attached hydrogens (tertiary/aromatic N) is 4. The molecule has 0 aromatic carbocycles. The summed E-state index contributed by atoms with van der Waals surface area (Å²) in [7, 11) is 0. The third-order valence-electron chi connectivity index (χ3n) is 4.81. The normalized spacial score (nSPS) is 11.3. The number of hydrogen-bond acceptors (Lipinski definition) is 7. The Morgan fingerprint density at radius 2 is 2.06 bits per heavy atom. The van der Waals surface area contributed by atoms with Crippen LogP contribution < -0.4 is 4.90 Å². The number of carboxylic acid groups (broad SMARTS) is 1. The molecule has 0 fully saturated rings. The number of halogens is 1. The lowest BCUT2D eigenvalue weighted by Crippen LogP contribution is -2.29. The van der Waals surface area contributed by atoms with Crippen molar-refractivity contribution < 1.29 is 9.90 Å². The highest BCUT2D eigenvalue weighted by Gasteiger charge is 2.29. The lowest BCUT2D eigenvalue weighted by molar-refractivity contribution is -0.138. The van der Waals surface area contributed by atoms with Crippen LogP contribution >= 0.6 is 34.7 Å². The maximum absolute atomic E-state index is 11.4. The van der Waals surface area contributed by atoms with Crippen molar-refractivity contribution in [3.05, 3.63) is 33.9 Å². The minimum absolute atomic E-state index is 0.449. The van der Waals surface area contributed by atoms with Crippen LogP contribution in [0.15, 0.2) is 22.0 Å². The van der Waals surface area contributed by atoms with Crippen LogP contribution in [0.4, 0.5) is 5.82 Å².